The fourth-order valence-electron chi connectivity index (χ4n) is 3.34. The van der Waals surface area contributed by atoms with Crippen LogP contribution in [0.4, 0.5) is 10.8 Å². The third-order valence-electron chi connectivity index (χ3n) is 4.97. The van der Waals surface area contributed by atoms with Gasteiger partial charge in [-0.2, -0.15) is 0 Å². The summed E-state index contributed by atoms with van der Waals surface area (Å²) in [5.41, 5.74) is 9.82. The second kappa shape index (κ2) is 10.5. The number of aromatic nitrogens is 2. The van der Waals surface area contributed by atoms with Gasteiger partial charge in [-0.05, 0) is 29.3 Å². The molecule has 0 spiro atoms. The first-order valence-electron chi connectivity index (χ1n) is 10.4. The number of rotatable bonds is 8. The highest BCUT2D eigenvalue weighted by Gasteiger charge is 2.18. The van der Waals surface area contributed by atoms with E-state index in [4.69, 9.17) is 5.73 Å². The fourth-order valence-corrected chi connectivity index (χ4v) is 3.92. The molecule has 0 fully saturated rings. The maximum atomic E-state index is 13.0. The van der Waals surface area contributed by atoms with Gasteiger partial charge in [0.15, 0.2) is 5.13 Å². The Kier molecular flexibility index (Phi) is 7.06. The predicted molar refractivity (Wildman–Crippen MR) is 130 cm³/mol. The summed E-state index contributed by atoms with van der Waals surface area (Å²) in [4.78, 5) is 35.7. The van der Waals surface area contributed by atoms with Crippen LogP contribution in [0.25, 0.3) is 11.3 Å². The fraction of sp³-hybridized carbons (Fsp3) is 0.120. The summed E-state index contributed by atoms with van der Waals surface area (Å²) in [6.07, 6.45) is 3.51. The van der Waals surface area contributed by atoms with Crippen molar-refractivity contribution >= 4 is 34.0 Å². The molecule has 4 rings (SSSR count). The first-order chi connectivity index (χ1) is 16.1. The lowest BCUT2D eigenvalue weighted by Crippen LogP contribution is -2.38. The van der Waals surface area contributed by atoms with Crippen LogP contribution in [0.2, 0.25) is 0 Å². The molecular formula is C25H23N5O2S. The Morgan fingerprint density at radius 3 is 2.39 bits per heavy atom. The number of nitrogens with zero attached hydrogens (tertiary/aromatic N) is 3. The molecular weight excluding hydrogens is 434 g/mol. The van der Waals surface area contributed by atoms with Gasteiger partial charge in [-0.25, -0.2) is 4.98 Å². The van der Waals surface area contributed by atoms with Crippen LogP contribution < -0.4 is 11.1 Å². The summed E-state index contributed by atoms with van der Waals surface area (Å²) in [6, 6.07) is 20.6. The minimum Gasteiger partial charge on any atom is -0.375 e. The summed E-state index contributed by atoms with van der Waals surface area (Å²) in [6.45, 7) is 0.288. The molecule has 8 heteroatoms. The smallest absolute Gasteiger partial charge is 0.244 e. The maximum Gasteiger partial charge on any atom is 0.244 e. The molecule has 2 heterocycles. The Balaban J connectivity index is 1.43. The Morgan fingerprint density at radius 2 is 1.73 bits per heavy atom. The van der Waals surface area contributed by atoms with Gasteiger partial charge in [-0.3, -0.25) is 14.6 Å². The van der Waals surface area contributed by atoms with Crippen LogP contribution in [0.1, 0.15) is 11.1 Å². The Hall–Kier alpha value is -4.04. The summed E-state index contributed by atoms with van der Waals surface area (Å²) in [7, 11) is 0. The monoisotopic (exact) mass is 457 g/mol. The predicted octanol–water partition coefficient (Wildman–Crippen LogP) is 4.00. The van der Waals surface area contributed by atoms with E-state index in [1.165, 1.54) is 11.3 Å². The van der Waals surface area contributed by atoms with Gasteiger partial charge in [0.2, 0.25) is 11.8 Å². The maximum absolute atomic E-state index is 13.0. The summed E-state index contributed by atoms with van der Waals surface area (Å²) in [5.74, 6) is -0.408. The van der Waals surface area contributed by atoms with Crippen molar-refractivity contribution in [2.45, 2.75) is 13.0 Å². The van der Waals surface area contributed by atoms with Crippen molar-refractivity contribution in [3.8, 4) is 11.3 Å². The van der Waals surface area contributed by atoms with Crippen molar-refractivity contribution in [3.63, 3.8) is 0 Å². The largest absolute Gasteiger partial charge is 0.375 e. The van der Waals surface area contributed by atoms with Crippen LogP contribution in [0.5, 0.6) is 0 Å². The molecule has 2 amide bonds. The zero-order chi connectivity index (χ0) is 23.0. The summed E-state index contributed by atoms with van der Waals surface area (Å²) < 4.78 is 0. The number of carbonyl (C=O) groups excluding carboxylic acids is 2. The molecule has 0 saturated carbocycles. The molecule has 0 radical (unpaired) electrons. The lowest BCUT2D eigenvalue weighted by Gasteiger charge is -2.22. The summed E-state index contributed by atoms with van der Waals surface area (Å²) in [5, 5.41) is 5.27. The van der Waals surface area contributed by atoms with E-state index in [-0.39, 0.29) is 24.8 Å². The zero-order valence-corrected chi connectivity index (χ0v) is 18.7. The molecule has 0 aliphatic carbocycles. The lowest BCUT2D eigenvalue weighted by molar-refractivity contribution is -0.134. The molecule has 33 heavy (non-hydrogen) atoms. The number of nitrogens with two attached hydrogens (primary N) is 1. The average Bonchev–Trinajstić information content (AvgIpc) is 3.26. The van der Waals surface area contributed by atoms with Gasteiger partial charge in [0.25, 0.3) is 0 Å². The first-order valence-corrected chi connectivity index (χ1v) is 11.3. The van der Waals surface area contributed by atoms with Crippen molar-refractivity contribution in [2.24, 2.45) is 0 Å². The number of pyridine rings is 1. The SMILES string of the molecule is Nc1nc(-c2ccc(NC(=O)CN(Cc3ccccc3)C(=O)Cc3cccnc3)cc2)cs1. The topological polar surface area (TPSA) is 101 Å². The Bertz CT molecular complexity index is 1210. The van der Waals surface area contributed by atoms with Crippen molar-refractivity contribution < 1.29 is 9.59 Å². The number of nitrogens with one attached hydrogen (secondary N) is 1. The van der Waals surface area contributed by atoms with Gasteiger partial charge < -0.3 is 16.0 Å². The van der Waals surface area contributed by atoms with Gasteiger partial charge in [0, 0.05) is 35.6 Å². The third kappa shape index (κ3) is 6.24. The quantitative estimate of drug-likeness (QED) is 0.417. The van der Waals surface area contributed by atoms with Crippen molar-refractivity contribution in [3.05, 3.63) is 95.6 Å². The first kappa shape index (κ1) is 22.2. The molecule has 0 aliphatic heterocycles. The number of thiazole rings is 1. The highest BCUT2D eigenvalue weighted by Crippen LogP contribution is 2.24. The molecule has 7 nitrogen and oxygen atoms in total. The number of amides is 2. The highest BCUT2D eigenvalue weighted by atomic mass is 32.1. The molecule has 0 aliphatic rings. The van der Waals surface area contributed by atoms with Gasteiger partial charge in [-0.15, -0.1) is 11.3 Å². The average molecular weight is 458 g/mol. The molecule has 0 saturated heterocycles. The van der Waals surface area contributed by atoms with Crippen molar-refractivity contribution in [2.75, 3.05) is 17.6 Å². The van der Waals surface area contributed by atoms with E-state index in [0.717, 1.165) is 22.4 Å². The number of nitrogen functional groups attached to an aromatic ring is 1. The van der Waals surface area contributed by atoms with Gasteiger partial charge >= 0.3 is 0 Å². The zero-order valence-electron chi connectivity index (χ0n) is 17.8. The van der Waals surface area contributed by atoms with Gasteiger partial charge in [0.05, 0.1) is 12.1 Å². The molecule has 0 unspecified atom stereocenters. The molecule has 3 N–H and O–H groups in total. The van der Waals surface area contributed by atoms with E-state index in [0.29, 0.717) is 17.4 Å². The van der Waals surface area contributed by atoms with Crippen LogP contribution in [-0.4, -0.2) is 33.2 Å². The van der Waals surface area contributed by atoms with Crippen LogP contribution >= 0.6 is 11.3 Å². The van der Waals surface area contributed by atoms with Crippen LogP contribution in [0.3, 0.4) is 0 Å². The van der Waals surface area contributed by atoms with Crippen molar-refractivity contribution in [1.29, 1.82) is 0 Å². The Morgan fingerprint density at radius 1 is 0.970 bits per heavy atom. The van der Waals surface area contributed by atoms with Crippen LogP contribution in [0, 0.1) is 0 Å². The van der Waals surface area contributed by atoms with Crippen LogP contribution in [0.15, 0.2) is 84.5 Å². The van der Waals surface area contributed by atoms with Crippen molar-refractivity contribution in [1.82, 2.24) is 14.9 Å². The number of carbonyl (C=O) groups is 2. The molecule has 4 aromatic rings. The standard InChI is InChI=1S/C25H23N5O2S/c26-25-29-22(17-33-25)20-8-10-21(11-9-20)28-23(31)16-30(15-18-5-2-1-3-6-18)24(32)13-19-7-4-12-27-14-19/h1-12,14,17H,13,15-16H2,(H2,26,29)(H,28,31). The second-order valence-corrected chi connectivity index (χ2v) is 8.36. The second-order valence-electron chi connectivity index (χ2n) is 7.47. The van der Waals surface area contributed by atoms with E-state index < -0.39 is 0 Å². The molecule has 2 aromatic heterocycles. The molecule has 2 aromatic carbocycles. The third-order valence-corrected chi connectivity index (χ3v) is 5.64. The number of hydrogen-bond donors (Lipinski definition) is 2. The lowest BCUT2D eigenvalue weighted by atomic mass is 10.1. The number of benzene rings is 2. The number of anilines is 2. The minimum atomic E-state index is -0.267. The number of hydrogen-bond acceptors (Lipinski definition) is 6. The molecule has 0 atom stereocenters. The van der Waals surface area contributed by atoms with E-state index in [1.54, 1.807) is 23.4 Å². The Labute approximate surface area is 195 Å². The minimum absolute atomic E-state index is 0.0572. The van der Waals surface area contributed by atoms with E-state index in [2.05, 4.69) is 15.3 Å². The van der Waals surface area contributed by atoms with E-state index in [1.807, 2.05) is 66.0 Å². The van der Waals surface area contributed by atoms with E-state index >= 15 is 0 Å². The normalized spacial score (nSPS) is 10.5. The molecule has 166 valence electrons. The highest BCUT2D eigenvalue weighted by molar-refractivity contribution is 7.13. The van der Waals surface area contributed by atoms with Gasteiger partial charge in [0.1, 0.15) is 6.54 Å². The van der Waals surface area contributed by atoms with E-state index in [9.17, 15) is 9.59 Å². The van der Waals surface area contributed by atoms with Gasteiger partial charge in [-0.1, -0.05) is 48.5 Å². The van der Waals surface area contributed by atoms with Crippen LogP contribution in [-0.2, 0) is 22.6 Å². The molecule has 0 bridgehead atoms. The summed E-state index contributed by atoms with van der Waals surface area (Å²) >= 11 is 1.38.